The average Bonchev–Trinajstić information content (AvgIpc) is 2.72. The molecule has 128 valence electrons. The minimum absolute atomic E-state index is 0.150. The lowest BCUT2D eigenvalue weighted by Gasteiger charge is -2.26. The van der Waals surface area contributed by atoms with Crippen molar-refractivity contribution in [1.82, 2.24) is 20.0 Å². The minimum Gasteiger partial charge on any atom is -0.323 e. The standard InChI is InChI=1S/C18H23ClN4O/c1-13-16(14-7-6-8-15(19)10-9-14)22(2)17(20-13)18(24)21-23-11-4-3-5-12-23/h7-10H,3-6,11-12H2,1-2H3,(H,21,24). The molecule has 0 saturated carbocycles. The van der Waals surface area contributed by atoms with E-state index in [4.69, 9.17) is 11.6 Å². The number of hydrogen-bond acceptors (Lipinski definition) is 3. The van der Waals surface area contributed by atoms with E-state index in [1.54, 1.807) is 0 Å². The summed E-state index contributed by atoms with van der Waals surface area (Å²) in [5, 5.41) is 2.72. The second-order valence-electron chi connectivity index (χ2n) is 6.23. The largest absolute Gasteiger partial charge is 0.323 e. The molecule has 1 aliphatic carbocycles. The Morgan fingerprint density at radius 3 is 2.71 bits per heavy atom. The second kappa shape index (κ2) is 7.36. The highest BCUT2D eigenvalue weighted by molar-refractivity contribution is 6.31. The molecule has 0 radical (unpaired) electrons. The predicted molar refractivity (Wildman–Crippen MR) is 96.5 cm³/mol. The van der Waals surface area contributed by atoms with Crippen molar-refractivity contribution in [2.24, 2.45) is 7.05 Å². The smallest absolute Gasteiger partial charge is 0.301 e. The molecule has 24 heavy (non-hydrogen) atoms. The Kier molecular flexibility index (Phi) is 5.21. The third-order valence-electron chi connectivity index (χ3n) is 4.43. The molecule has 1 aliphatic heterocycles. The number of hydrazine groups is 1. The van der Waals surface area contributed by atoms with E-state index in [1.807, 2.05) is 41.8 Å². The summed E-state index contributed by atoms with van der Waals surface area (Å²) in [6.07, 6.45) is 12.1. The summed E-state index contributed by atoms with van der Waals surface area (Å²) in [5.74, 6) is 0.286. The van der Waals surface area contributed by atoms with E-state index in [9.17, 15) is 4.79 Å². The lowest BCUT2D eigenvalue weighted by Crippen LogP contribution is -2.45. The molecule has 1 saturated heterocycles. The zero-order valence-corrected chi connectivity index (χ0v) is 14.9. The molecule has 5 nitrogen and oxygen atoms in total. The molecule has 0 atom stereocenters. The maximum absolute atomic E-state index is 12.6. The Morgan fingerprint density at radius 2 is 1.96 bits per heavy atom. The van der Waals surface area contributed by atoms with Crippen molar-refractivity contribution in [1.29, 1.82) is 0 Å². The molecule has 1 amide bonds. The van der Waals surface area contributed by atoms with Crippen LogP contribution < -0.4 is 5.43 Å². The number of rotatable bonds is 3. The van der Waals surface area contributed by atoms with Crippen LogP contribution in [0.15, 0.2) is 29.3 Å². The molecule has 0 bridgehead atoms. The van der Waals surface area contributed by atoms with Crippen LogP contribution in [-0.4, -0.2) is 33.6 Å². The number of halogens is 1. The fourth-order valence-electron chi connectivity index (χ4n) is 3.22. The Morgan fingerprint density at radius 1 is 1.21 bits per heavy atom. The van der Waals surface area contributed by atoms with Gasteiger partial charge in [0.15, 0.2) is 0 Å². The summed E-state index contributed by atoms with van der Waals surface area (Å²) in [4.78, 5) is 17.1. The number of carbonyl (C=O) groups is 1. The summed E-state index contributed by atoms with van der Waals surface area (Å²) in [5.41, 5.74) is 5.81. The van der Waals surface area contributed by atoms with Gasteiger partial charge >= 0.3 is 5.91 Å². The maximum atomic E-state index is 12.6. The number of amides is 1. The SMILES string of the molecule is Cc1nc(C(=O)NN2CCCCC2)n(C)c1C1=CCC=C(Cl)C=C1. The molecule has 6 heteroatoms. The van der Waals surface area contributed by atoms with Gasteiger partial charge in [-0.1, -0.05) is 36.2 Å². The third kappa shape index (κ3) is 3.62. The summed E-state index contributed by atoms with van der Waals surface area (Å²) >= 11 is 6.07. The van der Waals surface area contributed by atoms with E-state index in [1.165, 1.54) is 6.42 Å². The summed E-state index contributed by atoms with van der Waals surface area (Å²) in [6.45, 7) is 3.74. The Labute approximate surface area is 147 Å². The quantitative estimate of drug-likeness (QED) is 0.913. The number of aryl methyl sites for hydroxylation is 1. The van der Waals surface area contributed by atoms with Crippen LogP contribution >= 0.6 is 11.6 Å². The van der Waals surface area contributed by atoms with Crippen molar-refractivity contribution in [3.05, 3.63) is 46.5 Å². The Balaban J connectivity index is 1.82. The van der Waals surface area contributed by atoms with Crippen LogP contribution in [0.5, 0.6) is 0 Å². The van der Waals surface area contributed by atoms with E-state index < -0.39 is 0 Å². The first kappa shape index (κ1) is 17.0. The number of piperidine rings is 1. The molecular weight excluding hydrogens is 324 g/mol. The number of carbonyl (C=O) groups excluding carboxylic acids is 1. The Bertz CT molecular complexity index is 724. The molecule has 1 fully saturated rings. The van der Waals surface area contributed by atoms with Gasteiger partial charge in [-0.25, -0.2) is 9.99 Å². The van der Waals surface area contributed by atoms with Crippen molar-refractivity contribution in [2.75, 3.05) is 13.1 Å². The fourth-order valence-corrected chi connectivity index (χ4v) is 3.37. The summed E-state index contributed by atoms with van der Waals surface area (Å²) in [7, 11) is 1.88. The molecule has 3 rings (SSSR count). The highest BCUT2D eigenvalue weighted by Gasteiger charge is 2.22. The van der Waals surface area contributed by atoms with Crippen LogP contribution in [0.1, 0.15) is 47.7 Å². The topological polar surface area (TPSA) is 50.2 Å². The first-order chi connectivity index (χ1) is 11.6. The van der Waals surface area contributed by atoms with Gasteiger partial charge < -0.3 is 4.57 Å². The van der Waals surface area contributed by atoms with E-state index in [-0.39, 0.29) is 5.91 Å². The Hall–Kier alpha value is -1.85. The molecule has 0 unspecified atom stereocenters. The van der Waals surface area contributed by atoms with E-state index >= 15 is 0 Å². The van der Waals surface area contributed by atoms with Gasteiger partial charge in [0.2, 0.25) is 5.82 Å². The lowest BCUT2D eigenvalue weighted by atomic mass is 10.1. The van der Waals surface area contributed by atoms with Gasteiger partial charge in [-0.2, -0.15) is 0 Å². The molecule has 2 aliphatic rings. The van der Waals surface area contributed by atoms with Crippen molar-refractivity contribution in [3.63, 3.8) is 0 Å². The van der Waals surface area contributed by atoms with Gasteiger partial charge in [-0.3, -0.25) is 10.2 Å². The maximum Gasteiger partial charge on any atom is 0.301 e. The van der Waals surface area contributed by atoms with Crippen molar-refractivity contribution < 1.29 is 4.79 Å². The molecular formula is C18H23ClN4O. The zero-order chi connectivity index (χ0) is 17.1. The fraction of sp³-hybridized carbons (Fsp3) is 0.444. The highest BCUT2D eigenvalue weighted by atomic mass is 35.5. The van der Waals surface area contributed by atoms with Crippen LogP contribution in [0.3, 0.4) is 0 Å². The van der Waals surface area contributed by atoms with Gasteiger partial charge in [0, 0.05) is 25.2 Å². The number of imidazole rings is 1. The number of nitrogens with zero attached hydrogens (tertiary/aromatic N) is 3. The monoisotopic (exact) mass is 346 g/mol. The van der Waals surface area contributed by atoms with E-state index in [2.05, 4.69) is 16.5 Å². The van der Waals surface area contributed by atoms with E-state index in [0.29, 0.717) is 5.82 Å². The average molecular weight is 347 g/mol. The zero-order valence-electron chi connectivity index (χ0n) is 14.2. The second-order valence-corrected chi connectivity index (χ2v) is 6.67. The summed E-state index contributed by atoms with van der Waals surface area (Å²) < 4.78 is 1.87. The number of allylic oxidation sites excluding steroid dienone is 6. The number of hydrogen-bond donors (Lipinski definition) is 1. The lowest BCUT2D eigenvalue weighted by molar-refractivity contribution is 0.0735. The number of nitrogens with one attached hydrogen (secondary N) is 1. The van der Waals surface area contributed by atoms with Gasteiger partial charge in [0.1, 0.15) is 0 Å². The molecule has 1 aromatic heterocycles. The van der Waals surface area contributed by atoms with Gasteiger partial charge in [-0.05, 0) is 37.8 Å². The third-order valence-corrected chi connectivity index (χ3v) is 4.71. The molecule has 0 aromatic carbocycles. The minimum atomic E-state index is -0.150. The van der Waals surface area contributed by atoms with Crippen molar-refractivity contribution in [2.45, 2.75) is 32.6 Å². The molecule has 2 heterocycles. The molecule has 1 N–H and O–H groups in total. The highest BCUT2D eigenvalue weighted by Crippen LogP contribution is 2.25. The van der Waals surface area contributed by atoms with Crippen LogP contribution in [0.25, 0.3) is 5.57 Å². The summed E-state index contributed by atoms with van der Waals surface area (Å²) in [6, 6.07) is 0. The normalized spacial score (nSPS) is 18.8. The molecule has 0 spiro atoms. The predicted octanol–water partition coefficient (Wildman–Crippen LogP) is 3.33. The van der Waals surface area contributed by atoms with Crippen LogP contribution in [0, 0.1) is 6.92 Å². The number of aromatic nitrogens is 2. The van der Waals surface area contributed by atoms with Crippen LogP contribution in [0.2, 0.25) is 0 Å². The van der Waals surface area contributed by atoms with Crippen LogP contribution in [0.4, 0.5) is 0 Å². The van der Waals surface area contributed by atoms with Gasteiger partial charge in [0.05, 0.1) is 11.4 Å². The van der Waals surface area contributed by atoms with E-state index in [0.717, 1.165) is 54.3 Å². The first-order valence-corrected chi connectivity index (χ1v) is 8.77. The van der Waals surface area contributed by atoms with Crippen LogP contribution in [-0.2, 0) is 7.05 Å². The molecule has 1 aromatic rings. The van der Waals surface area contributed by atoms with Crippen molar-refractivity contribution in [3.8, 4) is 0 Å². The van der Waals surface area contributed by atoms with Crippen molar-refractivity contribution >= 4 is 23.1 Å². The van der Waals surface area contributed by atoms with Gasteiger partial charge in [0.25, 0.3) is 0 Å². The first-order valence-electron chi connectivity index (χ1n) is 8.40. The van der Waals surface area contributed by atoms with Gasteiger partial charge in [-0.15, -0.1) is 0 Å².